The van der Waals surface area contributed by atoms with Crippen molar-refractivity contribution in [1.82, 2.24) is 9.88 Å². The lowest BCUT2D eigenvalue weighted by atomic mass is 9.73. The van der Waals surface area contributed by atoms with Gasteiger partial charge in [0.2, 0.25) is 0 Å². The Morgan fingerprint density at radius 2 is 1.93 bits per heavy atom. The number of benzene rings is 2. The van der Waals surface area contributed by atoms with Gasteiger partial charge in [-0.15, -0.1) is 0 Å². The van der Waals surface area contributed by atoms with Gasteiger partial charge in [-0.05, 0) is 48.6 Å². The second kappa shape index (κ2) is 8.00. The highest BCUT2D eigenvalue weighted by Gasteiger charge is 2.42. The molecule has 3 aromatic rings. The Balaban J connectivity index is 1.61. The van der Waals surface area contributed by atoms with Crippen LogP contribution in [0.25, 0.3) is 10.9 Å². The minimum atomic E-state index is -0.531. The van der Waals surface area contributed by atoms with Crippen LogP contribution in [0.2, 0.25) is 0 Å². The van der Waals surface area contributed by atoms with E-state index >= 15 is 0 Å². The van der Waals surface area contributed by atoms with Crippen LogP contribution >= 0.6 is 0 Å². The smallest absolute Gasteiger partial charge is 0.0705 e. The van der Waals surface area contributed by atoms with E-state index in [1.807, 2.05) is 30.5 Å². The van der Waals surface area contributed by atoms with Crippen LogP contribution in [0, 0.1) is 12.3 Å². The van der Waals surface area contributed by atoms with Crippen molar-refractivity contribution in [3.8, 4) is 0 Å². The molecule has 4 rings (SSSR count). The highest BCUT2D eigenvalue weighted by Crippen LogP contribution is 2.35. The minimum Gasteiger partial charge on any atom is -0.396 e. The van der Waals surface area contributed by atoms with Gasteiger partial charge < -0.3 is 10.2 Å². The molecule has 0 saturated carbocycles. The summed E-state index contributed by atoms with van der Waals surface area (Å²) in [5.41, 5.74) is 4.18. The summed E-state index contributed by atoms with van der Waals surface area (Å²) in [5.74, 6) is 0. The van der Waals surface area contributed by atoms with Crippen molar-refractivity contribution >= 4 is 10.9 Å². The first-order valence-electron chi connectivity index (χ1n) is 10.00. The Morgan fingerprint density at radius 3 is 2.71 bits per heavy atom. The van der Waals surface area contributed by atoms with E-state index in [1.54, 1.807) is 0 Å². The summed E-state index contributed by atoms with van der Waals surface area (Å²) < 4.78 is 0. The normalized spacial score (nSPS) is 23.2. The summed E-state index contributed by atoms with van der Waals surface area (Å²) in [7, 11) is 0. The van der Waals surface area contributed by atoms with Gasteiger partial charge in [0.1, 0.15) is 0 Å². The Labute approximate surface area is 166 Å². The van der Waals surface area contributed by atoms with Gasteiger partial charge in [-0.25, -0.2) is 0 Å². The third-order valence-electron chi connectivity index (χ3n) is 6.19. The Bertz CT molecular complexity index is 944. The maximum Gasteiger partial charge on any atom is 0.0705 e. The van der Waals surface area contributed by atoms with Crippen LogP contribution in [0.1, 0.15) is 23.1 Å². The Hall–Kier alpha value is -2.27. The zero-order valence-corrected chi connectivity index (χ0v) is 16.4. The van der Waals surface area contributed by atoms with E-state index in [4.69, 9.17) is 0 Å². The lowest BCUT2D eigenvalue weighted by Gasteiger charge is -2.45. The van der Waals surface area contributed by atoms with Crippen LogP contribution < -0.4 is 0 Å². The van der Waals surface area contributed by atoms with Gasteiger partial charge in [0.25, 0.3) is 0 Å². The van der Waals surface area contributed by atoms with Crippen LogP contribution in [-0.2, 0) is 13.0 Å². The molecule has 0 spiro atoms. The molecule has 2 aromatic carbocycles. The lowest BCUT2D eigenvalue weighted by Crippen LogP contribution is -2.54. The SMILES string of the molecule is Cc1ccc2ncccc2c1CN1CCC(O)[C@](CO)(Cc2ccccc2)C1. The second-order valence-corrected chi connectivity index (χ2v) is 8.13. The fourth-order valence-corrected chi connectivity index (χ4v) is 4.52. The van der Waals surface area contributed by atoms with Gasteiger partial charge >= 0.3 is 0 Å². The Morgan fingerprint density at radius 1 is 1.11 bits per heavy atom. The molecule has 0 bridgehead atoms. The third-order valence-corrected chi connectivity index (χ3v) is 6.19. The Kier molecular flexibility index (Phi) is 5.44. The number of aromatic nitrogens is 1. The molecule has 0 radical (unpaired) electrons. The molecule has 1 saturated heterocycles. The first-order valence-corrected chi connectivity index (χ1v) is 10.00. The van der Waals surface area contributed by atoms with Gasteiger partial charge in [0.05, 0.1) is 18.2 Å². The van der Waals surface area contributed by atoms with E-state index in [2.05, 4.69) is 47.1 Å². The summed E-state index contributed by atoms with van der Waals surface area (Å²) in [5, 5.41) is 22.3. The summed E-state index contributed by atoms with van der Waals surface area (Å²) in [6.45, 7) is 4.43. The first-order chi connectivity index (χ1) is 13.6. The number of aliphatic hydroxyl groups excluding tert-OH is 2. The standard InChI is InChI=1S/C24H28N2O2/c1-18-9-10-22-20(8-5-12-25-22)21(18)15-26-13-11-23(28)24(16-26,17-27)14-19-6-3-2-4-7-19/h2-10,12,23,27-28H,11,13-17H2,1H3/t23?,24-/m1/s1. The van der Waals surface area contributed by atoms with Crippen molar-refractivity contribution in [3.63, 3.8) is 0 Å². The number of fused-ring (bicyclic) bond motifs is 1. The molecule has 1 unspecified atom stereocenters. The molecule has 1 aliphatic rings. The molecule has 146 valence electrons. The van der Waals surface area contributed by atoms with Crippen molar-refractivity contribution in [3.05, 3.63) is 77.5 Å². The molecule has 1 aromatic heterocycles. The maximum absolute atomic E-state index is 10.8. The van der Waals surface area contributed by atoms with Crippen LogP contribution in [0.4, 0.5) is 0 Å². The fourth-order valence-electron chi connectivity index (χ4n) is 4.52. The maximum atomic E-state index is 10.8. The molecule has 0 amide bonds. The zero-order valence-electron chi connectivity index (χ0n) is 16.4. The molecule has 2 heterocycles. The molecule has 2 N–H and O–H groups in total. The summed E-state index contributed by atoms with van der Waals surface area (Å²) in [4.78, 5) is 6.87. The minimum absolute atomic E-state index is 0.0182. The molecule has 1 fully saturated rings. The number of nitrogens with zero attached hydrogens (tertiary/aromatic N) is 2. The summed E-state index contributed by atoms with van der Waals surface area (Å²) >= 11 is 0. The highest BCUT2D eigenvalue weighted by molar-refractivity contribution is 5.83. The largest absolute Gasteiger partial charge is 0.396 e. The van der Waals surface area contributed by atoms with Crippen molar-refractivity contribution in [2.24, 2.45) is 5.41 Å². The summed E-state index contributed by atoms with van der Waals surface area (Å²) in [6, 6.07) is 18.5. The van der Waals surface area contributed by atoms with Gasteiger partial charge in [0, 0.05) is 36.6 Å². The third kappa shape index (κ3) is 3.68. The second-order valence-electron chi connectivity index (χ2n) is 8.13. The van der Waals surface area contributed by atoms with E-state index in [0.29, 0.717) is 19.4 Å². The van der Waals surface area contributed by atoms with Gasteiger partial charge in [-0.1, -0.05) is 42.5 Å². The molecule has 0 aliphatic carbocycles. The number of aliphatic hydroxyl groups is 2. The van der Waals surface area contributed by atoms with Crippen molar-refractivity contribution < 1.29 is 10.2 Å². The monoisotopic (exact) mass is 376 g/mol. The topological polar surface area (TPSA) is 56.6 Å². The van der Waals surface area contributed by atoms with Crippen molar-refractivity contribution in [1.29, 1.82) is 0 Å². The highest BCUT2D eigenvalue weighted by atomic mass is 16.3. The average molecular weight is 377 g/mol. The number of aryl methyl sites for hydroxylation is 1. The average Bonchev–Trinajstić information content (AvgIpc) is 2.73. The predicted molar refractivity (Wildman–Crippen MR) is 112 cm³/mol. The molecule has 4 nitrogen and oxygen atoms in total. The molecular formula is C24H28N2O2. The number of pyridine rings is 1. The molecule has 1 aliphatic heterocycles. The zero-order chi connectivity index (χ0) is 19.6. The van der Waals surface area contributed by atoms with E-state index in [0.717, 1.165) is 24.2 Å². The number of likely N-dealkylation sites (tertiary alicyclic amines) is 1. The number of piperidine rings is 1. The van der Waals surface area contributed by atoms with Crippen LogP contribution in [0.3, 0.4) is 0 Å². The molecule has 2 atom stereocenters. The van der Waals surface area contributed by atoms with Gasteiger partial charge in [0.15, 0.2) is 0 Å². The lowest BCUT2D eigenvalue weighted by molar-refractivity contribution is -0.0768. The van der Waals surface area contributed by atoms with Crippen LogP contribution in [0.5, 0.6) is 0 Å². The fraction of sp³-hybridized carbons (Fsp3) is 0.375. The molecule has 28 heavy (non-hydrogen) atoms. The first kappa shape index (κ1) is 19.1. The predicted octanol–water partition coefficient (Wildman–Crippen LogP) is 3.33. The number of hydrogen-bond donors (Lipinski definition) is 2. The van der Waals surface area contributed by atoms with Gasteiger partial charge in [-0.3, -0.25) is 9.88 Å². The van der Waals surface area contributed by atoms with Crippen LogP contribution in [0.15, 0.2) is 60.8 Å². The van der Waals surface area contributed by atoms with Gasteiger partial charge in [-0.2, -0.15) is 0 Å². The van der Waals surface area contributed by atoms with E-state index in [9.17, 15) is 10.2 Å². The van der Waals surface area contributed by atoms with Crippen molar-refractivity contribution in [2.75, 3.05) is 19.7 Å². The van der Waals surface area contributed by atoms with E-state index < -0.39 is 11.5 Å². The van der Waals surface area contributed by atoms with E-state index in [1.165, 1.54) is 16.5 Å². The number of rotatable bonds is 5. The quantitative estimate of drug-likeness (QED) is 0.717. The molecule has 4 heteroatoms. The van der Waals surface area contributed by atoms with Crippen LogP contribution in [-0.4, -0.2) is 45.9 Å². The molecular weight excluding hydrogens is 348 g/mol. The summed E-state index contributed by atoms with van der Waals surface area (Å²) in [6.07, 6.45) is 2.69. The van der Waals surface area contributed by atoms with Crippen molar-refractivity contribution in [2.45, 2.75) is 32.4 Å². The number of hydrogen-bond acceptors (Lipinski definition) is 4. The van der Waals surface area contributed by atoms with E-state index in [-0.39, 0.29) is 6.61 Å².